The maximum absolute atomic E-state index is 13.2. The number of amides is 1. The molecule has 5 rings (SSSR count). The van der Waals surface area contributed by atoms with Gasteiger partial charge in [0.25, 0.3) is 0 Å². The number of rotatable bonds is 15. The summed E-state index contributed by atoms with van der Waals surface area (Å²) in [6.45, 7) is 7.23. The number of nitrogens with zero attached hydrogens (tertiary/aromatic N) is 4. The minimum absolute atomic E-state index is 0.107. The molecule has 2 aliphatic heterocycles. The Kier molecular flexibility index (Phi) is 11.2. The van der Waals surface area contributed by atoms with Crippen LogP contribution in [-0.4, -0.2) is 93.8 Å². The second-order valence-electron chi connectivity index (χ2n) is 11.1. The number of aromatic nitrogens is 2. The molecule has 1 aromatic heterocycles. The first-order valence-electron chi connectivity index (χ1n) is 15.5. The van der Waals surface area contributed by atoms with Crippen LogP contribution in [0, 0.1) is 0 Å². The van der Waals surface area contributed by atoms with Crippen LogP contribution in [0.4, 0.5) is 23.1 Å². The Labute approximate surface area is 249 Å². The number of anilines is 4. The highest BCUT2D eigenvalue weighted by molar-refractivity contribution is 6.04. The van der Waals surface area contributed by atoms with Crippen molar-refractivity contribution in [3.05, 3.63) is 30.5 Å². The molecule has 0 spiro atoms. The van der Waals surface area contributed by atoms with Crippen LogP contribution in [0.25, 0.3) is 0 Å². The fourth-order valence-electron chi connectivity index (χ4n) is 6.03. The van der Waals surface area contributed by atoms with Crippen LogP contribution in [0.5, 0.6) is 5.75 Å². The average molecular weight is 583 g/mol. The summed E-state index contributed by atoms with van der Waals surface area (Å²) in [4.78, 5) is 26.6. The standard InChI is InChI=1S/C31H46N6O5/c1-3-26-30(38)36(2)27-22-33-31(35-29(27)37(26)23-8-4-5-9-23)34-25-10-6-7-11-28(25)42-21-19-40-17-16-39-18-20-41-24-12-14-32-15-13-24/h6-7,10-11,22-24,26,32H,3-5,8-9,12-21H2,1-2H3,(H,33,34,35)/t26-/m1/s1. The summed E-state index contributed by atoms with van der Waals surface area (Å²) in [5.41, 5.74) is 1.52. The molecule has 2 aromatic rings. The monoisotopic (exact) mass is 582 g/mol. The van der Waals surface area contributed by atoms with Gasteiger partial charge in [0.2, 0.25) is 11.9 Å². The van der Waals surface area contributed by atoms with Crippen LogP contribution in [-0.2, 0) is 19.0 Å². The highest BCUT2D eigenvalue weighted by Gasteiger charge is 2.41. The van der Waals surface area contributed by atoms with Crippen molar-refractivity contribution in [2.45, 2.75) is 70.1 Å². The normalized spacial score (nSPS) is 19.8. The smallest absolute Gasteiger partial charge is 0.249 e. The van der Waals surface area contributed by atoms with Crippen LogP contribution in [0.3, 0.4) is 0 Å². The second-order valence-corrected chi connectivity index (χ2v) is 11.1. The van der Waals surface area contributed by atoms with Gasteiger partial charge in [-0.05, 0) is 57.3 Å². The Balaban J connectivity index is 1.10. The lowest BCUT2D eigenvalue weighted by molar-refractivity contribution is -0.120. The van der Waals surface area contributed by atoms with E-state index >= 15 is 0 Å². The number of carbonyl (C=O) groups is 1. The van der Waals surface area contributed by atoms with Crippen LogP contribution >= 0.6 is 0 Å². The van der Waals surface area contributed by atoms with Crippen LogP contribution in [0.2, 0.25) is 0 Å². The van der Waals surface area contributed by atoms with Gasteiger partial charge in [0.05, 0.1) is 51.0 Å². The summed E-state index contributed by atoms with van der Waals surface area (Å²) in [5, 5.41) is 6.68. The molecule has 230 valence electrons. The molecular weight excluding hydrogens is 536 g/mol. The number of piperidine rings is 1. The minimum Gasteiger partial charge on any atom is -0.489 e. The van der Waals surface area contributed by atoms with Crippen molar-refractivity contribution in [2.75, 3.05) is 74.9 Å². The van der Waals surface area contributed by atoms with E-state index in [0.717, 1.165) is 62.4 Å². The zero-order chi connectivity index (χ0) is 29.1. The fourth-order valence-corrected chi connectivity index (χ4v) is 6.03. The zero-order valence-corrected chi connectivity index (χ0v) is 25.1. The predicted molar refractivity (Wildman–Crippen MR) is 163 cm³/mol. The summed E-state index contributed by atoms with van der Waals surface area (Å²) < 4.78 is 23.2. The molecule has 3 aliphatic rings. The van der Waals surface area contributed by atoms with Gasteiger partial charge in [-0.1, -0.05) is 31.9 Å². The van der Waals surface area contributed by atoms with Crippen molar-refractivity contribution < 1.29 is 23.7 Å². The lowest BCUT2D eigenvalue weighted by Crippen LogP contribution is -2.55. The van der Waals surface area contributed by atoms with E-state index < -0.39 is 0 Å². The van der Waals surface area contributed by atoms with Crippen molar-refractivity contribution in [2.24, 2.45) is 0 Å². The molecule has 2 N–H and O–H groups in total. The molecule has 2 fully saturated rings. The first kappa shape index (κ1) is 30.5. The summed E-state index contributed by atoms with van der Waals surface area (Å²) in [7, 11) is 1.81. The van der Waals surface area contributed by atoms with Crippen molar-refractivity contribution in [3.8, 4) is 5.75 Å². The molecule has 1 aliphatic carbocycles. The van der Waals surface area contributed by atoms with Crippen LogP contribution in [0.15, 0.2) is 30.5 Å². The maximum atomic E-state index is 13.2. The van der Waals surface area contributed by atoms with Gasteiger partial charge in [0.15, 0.2) is 5.82 Å². The highest BCUT2D eigenvalue weighted by Crippen LogP contribution is 2.40. The number of likely N-dealkylation sites (N-methyl/N-ethyl adjacent to an activating group) is 1. The Morgan fingerprint density at radius 2 is 1.69 bits per heavy atom. The number of hydrogen-bond donors (Lipinski definition) is 2. The number of ether oxygens (including phenoxy) is 4. The van der Waals surface area contributed by atoms with E-state index in [2.05, 4.69) is 27.4 Å². The number of para-hydroxylation sites is 2. The van der Waals surface area contributed by atoms with Gasteiger partial charge < -0.3 is 39.4 Å². The lowest BCUT2D eigenvalue weighted by Gasteiger charge is -2.43. The molecule has 0 unspecified atom stereocenters. The van der Waals surface area contributed by atoms with Gasteiger partial charge in [-0.3, -0.25) is 4.79 Å². The van der Waals surface area contributed by atoms with Gasteiger partial charge in [-0.2, -0.15) is 4.98 Å². The molecule has 1 atom stereocenters. The third-order valence-corrected chi connectivity index (χ3v) is 8.27. The largest absolute Gasteiger partial charge is 0.489 e. The van der Waals surface area contributed by atoms with Crippen molar-refractivity contribution in [1.29, 1.82) is 0 Å². The molecule has 42 heavy (non-hydrogen) atoms. The van der Waals surface area contributed by atoms with E-state index in [-0.39, 0.29) is 11.9 Å². The molecule has 1 saturated heterocycles. The van der Waals surface area contributed by atoms with E-state index in [9.17, 15) is 4.79 Å². The maximum Gasteiger partial charge on any atom is 0.249 e. The Morgan fingerprint density at radius 1 is 0.976 bits per heavy atom. The van der Waals surface area contributed by atoms with Crippen LogP contribution < -0.4 is 25.2 Å². The quantitative estimate of drug-likeness (QED) is 0.300. The zero-order valence-electron chi connectivity index (χ0n) is 25.1. The van der Waals surface area contributed by atoms with Crippen molar-refractivity contribution in [1.82, 2.24) is 15.3 Å². The molecule has 1 amide bonds. The third kappa shape index (κ3) is 7.69. The first-order valence-corrected chi connectivity index (χ1v) is 15.5. The third-order valence-electron chi connectivity index (χ3n) is 8.27. The fraction of sp³-hybridized carbons (Fsp3) is 0.645. The average Bonchev–Trinajstić information content (AvgIpc) is 3.55. The number of nitrogens with one attached hydrogen (secondary N) is 2. The Bertz CT molecular complexity index is 1140. The van der Waals surface area contributed by atoms with Crippen molar-refractivity contribution in [3.63, 3.8) is 0 Å². The molecule has 11 heteroatoms. The number of fused-ring (bicyclic) bond motifs is 1. The van der Waals surface area contributed by atoms with E-state index in [0.29, 0.717) is 63.5 Å². The van der Waals surface area contributed by atoms with E-state index in [1.165, 1.54) is 12.8 Å². The SMILES string of the molecule is CC[C@@H]1C(=O)N(C)c2cnc(Nc3ccccc3OCCOCCOCCOC3CCNCC3)nc2N1C1CCCC1. The summed E-state index contributed by atoms with van der Waals surface area (Å²) >= 11 is 0. The molecule has 0 bridgehead atoms. The predicted octanol–water partition coefficient (Wildman–Crippen LogP) is 3.90. The highest BCUT2D eigenvalue weighted by atomic mass is 16.6. The van der Waals surface area contributed by atoms with Gasteiger partial charge in [-0.25, -0.2) is 4.98 Å². The Morgan fingerprint density at radius 3 is 2.45 bits per heavy atom. The molecular formula is C31H46N6O5. The van der Waals surface area contributed by atoms with E-state index in [1.807, 2.05) is 31.3 Å². The first-order chi connectivity index (χ1) is 20.7. The van der Waals surface area contributed by atoms with Gasteiger partial charge >= 0.3 is 0 Å². The van der Waals surface area contributed by atoms with E-state index in [1.54, 1.807) is 11.1 Å². The number of benzene rings is 1. The minimum atomic E-state index is -0.206. The number of carbonyl (C=O) groups excluding carboxylic acids is 1. The van der Waals surface area contributed by atoms with Gasteiger partial charge in [-0.15, -0.1) is 0 Å². The Hall–Kier alpha value is -2.99. The molecule has 0 radical (unpaired) electrons. The number of hydrogen-bond acceptors (Lipinski definition) is 10. The van der Waals surface area contributed by atoms with E-state index in [4.69, 9.17) is 23.9 Å². The lowest BCUT2D eigenvalue weighted by atomic mass is 10.0. The molecule has 3 heterocycles. The summed E-state index contributed by atoms with van der Waals surface area (Å²) in [6, 6.07) is 7.85. The van der Waals surface area contributed by atoms with Gasteiger partial charge in [0.1, 0.15) is 24.1 Å². The summed E-state index contributed by atoms with van der Waals surface area (Å²) in [5.74, 6) is 2.10. The molecule has 1 aromatic carbocycles. The second kappa shape index (κ2) is 15.5. The van der Waals surface area contributed by atoms with Crippen molar-refractivity contribution >= 4 is 29.0 Å². The topological polar surface area (TPSA) is 110 Å². The molecule has 11 nitrogen and oxygen atoms in total. The van der Waals surface area contributed by atoms with Gasteiger partial charge in [0, 0.05) is 13.1 Å². The molecule has 1 saturated carbocycles. The van der Waals surface area contributed by atoms with Crippen LogP contribution in [0.1, 0.15) is 51.9 Å². The summed E-state index contributed by atoms with van der Waals surface area (Å²) in [6.07, 6.45) is 9.51.